The van der Waals surface area contributed by atoms with E-state index in [1.165, 1.54) is 41.7 Å². The molecule has 1 saturated heterocycles. The molecule has 3 heterocycles. The molecule has 142 valence electrons. The Kier molecular flexibility index (Phi) is 5.75. The third-order valence-electron chi connectivity index (χ3n) is 5.17. The molecule has 4 rings (SSSR count). The Morgan fingerprint density at radius 3 is 2.78 bits per heavy atom. The molecule has 1 aromatic carbocycles. The van der Waals surface area contributed by atoms with Crippen LogP contribution >= 0.6 is 11.3 Å². The van der Waals surface area contributed by atoms with Crippen molar-refractivity contribution in [3.63, 3.8) is 0 Å². The Bertz CT molecular complexity index is 844. The van der Waals surface area contributed by atoms with Gasteiger partial charge in [0.1, 0.15) is 0 Å². The lowest BCUT2D eigenvalue weighted by atomic mass is 10.2. The number of likely N-dealkylation sites (tertiary alicyclic amines) is 1. The minimum absolute atomic E-state index is 0.416. The zero-order valence-corrected chi connectivity index (χ0v) is 16.6. The fourth-order valence-corrected chi connectivity index (χ4v) is 4.63. The topological polar surface area (TPSA) is 55.5 Å². The Morgan fingerprint density at radius 1 is 1.19 bits per heavy atom. The fourth-order valence-electron chi connectivity index (χ4n) is 3.77. The van der Waals surface area contributed by atoms with Gasteiger partial charge in [0.05, 0.1) is 12.6 Å². The molecule has 0 spiro atoms. The smallest absolute Gasteiger partial charge is 0.191 e. The van der Waals surface area contributed by atoms with E-state index in [9.17, 15) is 0 Å². The van der Waals surface area contributed by atoms with E-state index in [1.54, 1.807) is 0 Å². The number of aromatic amines is 1. The first-order chi connectivity index (χ1) is 13.3. The third kappa shape index (κ3) is 4.34. The Morgan fingerprint density at radius 2 is 2.04 bits per heavy atom. The number of H-pyrrole nitrogens is 1. The summed E-state index contributed by atoms with van der Waals surface area (Å²) in [5.41, 5.74) is 2.33. The van der Waals surface area contributed by atoms with Crippen LogP contribution in [-0.2, 0) is 6.54 Å². The van der Waals surface area contributed by atoms with Gasteiger partial charge < -0.3 is 15.6 Å². The van der Waals surface area contributed by atoms with Crippen molar-refractivity contribution in [1.29, 1.82) is 0 Å². The first-order valence-corrected chi connectivity index (χ1v) is 10.5. The number of hydrogen-bond acceptors (Lipinski definition) is 3. The van der Waals surface area contributed by atoms with Gasteiger partial charge >= 0.3 is 0 Å². The molecular formula is C21H27N5S. The highest BCUT2D eigenvalue weighted by Gasteiger charge is 2.24. The molecule has 1 atom stereocenters. The van der Waals surface area contributed by atoms with E-state index in [2.05, 4.69) is 73.4 Å². The van der Waals surface area contributed by atoms with Crippen LogP contribution in [0, 0.1) is 0 Å². The number of fused-ring (bicyclic) bond motifs is 1. The van der Waals surface area contributed by atoms with Gasteiger partial charge in [0.2, 0.25) is 0 Å². The Balaban J connectivity index is 1.36. The summed E-state index contributed by atoms with van der Waals surface area (Å²) in [6, 6.07) is 15.4. The maximum absolute atomic E-state index is 4.40. The van der Waals surface area contributed by atoms with E-state index in [0.717, 1.165) is 24.7 Å². The number of nitrogens with one attached hydrogen (secondary N) is 3. The lowest BCUT2D eigenvalue weighted by molar-refractivity contribution is 0.249. The molecule has 0 bridgehead atoms. The maximum Gasteiger partial charge on any atom is 0.191 e. The van der Waals surface area contributed by atoms with Crippen LogP contribution in [0.25, 0.3) is 10.9 Å². The number of benzene rings is 1. The summed E-state index contributed by atoms with van der Waals surface area (Å²) in [5.74, 6) is 0.842. The minimum Gasteiger partial charge on any atom is -0.357 e. The summed E-state index contributed by atoms with van der Waals surface area (Å²) in [6.07, 6.45) is 2.60. The van der Waals surface area contributed by atoms with Gasteiger partial charge in [-0.25, -0.2) is 0 Å². The largest absolute Gasteiger partial charge is 0.357 e. The maximum atomic E-state index is 4.40. The molecule has 1 aliphatic rings. The van der Waals surface area contributed by atoms with Crippen LogP contribution in [-0.4, -0.2) is 42.5 Å². The second-order valence-electron chi connectivity index (χ2n) is 6.96. The van der Waals surface area contributed by atoms with Crippen molar-refractivity contribution in [2.24, 2.45) is 4.99 Å². The highest BCUT2D eigenvalue weighted by Crippen LogP contribution is 2.27. The number of thiophene rings is 1. The predicted molar refractivity (Wildman–Crippen MR) is 114 cm³/mol. The third-order valence-corrected chi connectivity index (χ3v) is 6.15. The van der Waals surface area contributed by atoms with Gasteiger partial charge in [-0.05, 0) is 54.9 Å². The van der Waals surface area contributed by atoms with Gasteiger partial charge in [-0.3, -0.25) is 9.89 Å². The van der Waals surface area contributed by atoms with Crippen LogP contribution in [0.5, 0.6) is 0 Å². The highest BCUT2D eigenvalue weighted by atomic mass is 32.1. The van der Waals surface area contributed by atoms with E-state index in [4.69, 9.17) is 0 Å². The SMILES string of the molecule is CN=C(NCc1cc2ccccc2[nH]1)NCC(c1cccs1)N1CCCC1. The van der Waals surface area contributed by atoms with Gasteiger partial charge in [0.25, 0.3) is 0 Å². The van der Waals surface area contributed by atoms with Crippen molar-refractivity contribution >= 4 is 28.2 Å². The molecule has 1 unspecified atom stereocenters. The van der Waals surface area contributed by atoms with E-state index < -0.39 is 0 Å². The fraction of sp³-hybridized carbons (Fsp3) is 0.381. The van der Waals surface area contributed by atoms with E-state index in [1.807, 2.05) is 18.4 Å². The van der Waals surface area contributed by atoms with Crippen molar-refractivity contribution < 1.29 is 0 Å². The van der Waals surface area contributed by atoms with E-state index in [0.29, 0.717) is 6.04 Å². The van der Waals surface area contributed by atoms with Crippen molar-refractivity contribution in [1.82, 2.24) is 20.5 Å². The normalized spacial score (nSPS) is 16.7. The van der Waals surface area contributed by atoms with Gasteiger partial charge in [0.15, 0.2) is 5.96 Å². The molecule has 5 nitrogen and oxygen atoms in total. The quantitative estimate of drug-likeness (QED) is 0.450. The van der Waals surface area contributed by atoms with Gasteiger partial charge in [-0.2, -0.15) is 0 Å². The second kappa shape index (κ2) is 8.59. The summed E-state index contributed by atoms with van der Waals surface area (Å²) >= 11 is 1.84. The van der Waals surface area contributed by atoms with Crippen molar-refractivity contribution in [2.45, 2.75) is 25.4 Å². The molecular weight excluding hydrogens is 354 g/mol. The molecule has 3 aromatic rings. The van der Waals surface area contributed by atoms with E-state index in [-0.39, 0.29) is 0 Å². The summed E-state index contributed by atoms with van der Waals surface area (Å²) in [6.45, 7) is 3.96. The van der Waals surface area contributed by atoms with Crippen molar-refractivity contribution in [2.75, 3.05) is 26.7 Å². The first kappa shape index (κ1) is 18.1. The minimum atomic E-state index is 0.416. The average Bonchev–Trinajstić information content (AvgIpc) is 3.46. The number of nitrogens with zero attached hydrogens (tertiary/aromatic N) is 2. The molecule has 0 saturated carbocycles. The zero-order chi connectivity index (χ0) is 18.5. The van der Waals surface area contributed by atoms with Gasteiger partial charge in [0, 0.05) is 29.7 Å². The molecule has 6 heteroatoms. The zero-order valence-electron chi connectivity index (χ0n) is 15.7. The number of aliphatic imine (C=N–C) groups is 1. The van der Waals surface area contributed by atoms with Crippen molar-refractivity contribution in [3.8, 4) is 0 Å². The number of para-hydroxylation sites is 1. The molecule has 0 radical (unpaired) electrons. The molecule has 0 amide bonds. The predicted octanol–water partition coefficient (Wildman–Crippen LogP) is 3.73. The van der Waals surface area contributed by atoms with Crippen molar-refractivity contribution in [3.05, 3.63) is 58.4 Å². The molecule has 0 aliphatic carbocycles. The summed E-state index contributed by atoms with van der Waals surface area (Å²) < 4.78 is 0. The number of rotatable bonds is 6. The molecule has 2 aromatic heterocycles. The average molecular weight is 382 g/mol. The highest BCUT2D eigenvalue weighted by molar-refractivity contribution is 7.10. The summed E-state index contributed by atoms with van der Waals surface area (Å²) in [7, 11) is 1.83. The van der Waals surface area contributed by atoms with Gasteiger partial charge in [-0.15, -0.1) is 11.3 Å². The number of guanidine groups is 1. The molecule has 1 aliphatic heterocycles. The summed E-state index contributed by atoms with van der Waals surface area (Å²) in [4.78, 5) is 11.9. The number of aromatic nitrogens is 1. The first-order valence-electron chi connectivity index (χ1n) is 9.62. The Hall–Kier alpha value is -2.31. The van der Waals surface area contributed by atoms with Crippen LogP contribution in [0.4, 0.5) is 0 Å². The number of hydrogen-bond donors (Lipinski definition) is 3. The van der Waals surface area contributed by atoms with E-state index >= 15 is 0 Å². The van der Waals surface area contributed by atoms with Crippen LogP contribution in [0.2, 0.25) is 0 Å². The standard InChI is InChI=1S/C21H27N5S/c1-22-21(23-14-17-13-16-7-2-3-8-18(16)25-17)24-15-19(20-9-6-12-27-20)26-10-4-5-11-26/h2-3,6-9,12-13,19,25H,4-5,10-11,14-15H2,1H3,(H2,22,23,24). The van der Waals surface area contributed by atoms with Crippen LogP contribution < -0.4 is 10.6 Å². The molecule has 3 N–H and O–H groups in total. The molecule has 27 heavy (non-hydrogen) atoms. The van der Waals surface area contributed by atoms with Crippen LogP contribution in [0.3, 0.4) is 0 Å². The lowest BCUT2D eigenvalue weighted by Gasteiger charge is -2.27. The molecule has 1 fully saturated rings. The summed E-state index contributed by atoms with van der Waals surface area (Å²) in [5, 5.41) is 10.4. The lowest BCUT2D eigenvalue weighted by Crippen LogP contribution is -2.42. The monoisotopic (exact) mass is 381 g/mol. The Labute approximate surface area is 164 Å². The van der Waals surface area contributed by atoms with Crippen LogP contribution in [0.15, 0.2) is 52.8 Å². The second-order valence-corrected chi connectivity index (χ2v) is 7.94. The van der Waals surface area contributed by atoms with Gasteiger partial charge in [-0.1, -0.05) is 24.3 Å². The van der Waals surface area contributed by atoms with Crippen LogP contribution in [0.1, 0.15) is 29.5 Å².